The quantitative estimate of drug-likeness (QED) is 0.519. The topological polar surface area (TPSA) is 93.6 Å². The minimum Gasteiger partial charge on any atom is -0.438 e. The van der Waals surface area contributed by atoms with Gasteiger partial charge in [0.05, 0.1) is 30.5 Å². The Morgan fingerprint density at radius 2 is 2.03 bits per heavy atom. The maximum Gasteiger partial charge on any atom is 0.405 e. The van der Waals surface area contributed by atoms with E-state index in [0.29, 0.717) is 25.9 Å². The molecule has 3 aromatic rings. The number of carbonyl (C=O) groups is 1. The molecule has 1 amide bonds. The number of anilines is 1. The number of nitrogens with two attached hydrogens (primary N) is 1. The standard InChI is InChI=1S/C26H33FN4O3/c1-25(2,3)13-19(14-31-17-29-21-6-4-5-7-23(21)31)26(16-32,34-24(28)33)15-30-11-10-18-12-20(27)8-9-22(18)30/h4-9,12,17,19,32H,10-11,13-16H2,1-3H3,(H2,28,33)/t19?,26-/m1/s1. The Balaban J connectivity index is 1.73. The van der Waals surface area contributed by atoms with Crippen LogP contribution in [0.3, 0.4) is 0 Å². The summed E-state index contributed by atoms with van der Waals surface area (Å²) in [5.41, 5.74) is 7.79. The number of ether oxygens (including phenoxy) is 1. The number of aliphatic hydroxyl groups is 1. The van der Waals surface area contributed by atoms with Crippen molar-refractivity contribution in [2.45, 2.75) is 45.8 Å². The molecule has 2 atom stereocenters. The minimum absolute atomic E-state index is 0.117. The summed E-state index contributed by atoms with van der Waals surface area (Å²) in [5, 5.41) is 10.7. The first-order chi connectivity index (χ1) is 16.1. The third-order valence-corrected chi connectivity index (χ3v) is 6.61. The zero-order chi connectivity index (χ0) is 24.5. The predicted octanol–water partition coefficient (Wildman–Crippen LogP) is 4.12. The molecule has 1 unspecified atom stereocenters. The molecule has 0 fully saturated rings. The fourth-order valence-corrected chi connectivity index (χ4v) is 5.13. The Labute approximate surface area is 199 Å². The number of aromatic nitrogens is 2. The second-order valence-corrected chi connectivity index (χ2v) is 10.4. The van der Waals surface area contributed by atoms with Crippen molar-refractivity contribution in [3.8, 4) is 0 Å². The van der Waals surface area contributed by atoms with Gasteiger partial charge in [0.15, 0.2) is 5.60 Å². The van der Waals surface area contributed by atoms with E-state index < -0.39 is 18.3 Å². The van der Waals surface area contributed by atoms with E-state index in [1.54, 1.807) is 12.4 Å². The molecule has 0 bridgehead atoms. The van der Waals surface area contributed by atoms with Crippen LogP contribution in [0.15, 0.2) is 48.8 Å². The summed E-state index contributed by atoms with van der Waals surface area (Å²) in [6.07, 6.45) is 2.20. The second-order valence-electron chi connectivity index (χ2n) is 10.4. The normalized spacial score (nSPS) is 16.3. The molecule has 8 heteroatoms. The number of fused-ring (bicyclic) bond motifs is 2. The van der Waals surface area contributed by atoms with E-state index in [-0.39, 0.29) is 23.7 Å². The lowest BCUT2D eigenvalue weighted by Crippen LogP contribution is -2.56. The third-order valence-electron chi connectivity index (χ3n) is 6.61. The number of benzene rings is 2. The van der Waals surface area contributed by atoms with Gasteiger partial charge in [-0.05, 0) is 54.2 Å². The van der Waals surface area contributed by atoms with E-state index >= 15 is 0 Å². The van der Waals surface area contributed by atoms with Crippen molar-refractivity contribution in [3.63, 3.8) is 0 Å². The molecular formula is C26H33FN4O3. The molecule has 0 saturated heterocycles. The number of amides is 1. The average molecular weight is 469 g/mol. The van der Waals surface area contributed by atoms with E-state index in [0.717, 1.165) is 22.3 Å². The second kappa shape index (κ2) is 9.25. The van der Waals surface area contributed by atoms with Crippen LogP contribution in [0.4, 0.5) is 14.9 Å². The van der Waals surface area contributed by atoms with Crippen molar-refractivity contribution in [1.82, 2.24) is 9.55 Å². The molecule has 2 heterocycles. The fraction of sp³-hybridized carbons (Fsp3) is 0.462. The number of aliphatic hydroxyl groups excluding tert-OH is 1. The number of primary amides is 1. The van der Waals surface area contributed by atoms with Crippen molar-refractivity contribution in [3.05, 3.63) is 60.2 Å². The van der Waals surface area contributed by atoms with Crippen LogP contribution < -0.4 is 10.6 Å². The molecule has 0 spiro atoms. The highest BCUT2D eigenvalue weighted by molar-refractivity contribution is 5.75. The van der Waals surface area contributed by atoms with Gasteiger partial charge in [-0.25, -0.2) is 14.2 Å². The van der Waals surface area contributed by atoms with Crippen LogP contribution in [0.2, 0.25) is 0 Å². The molecule has 34 heavy (non-hydrogen) atoms. The van der Waals surface area contributed by atoms with Crippen LogP contribution in [0.25, 0.3) is 11.0 Å². The first-order valence-corrected chi connectivity index (χ1v) is 11.6. The Hall–Kier alpha value is -3.13. The predicted molar refractivity (Wildman–Crippen MR) is 130 cm³/mol. The number of para-hydroxylation sites is 2. The van der Waals surface area contributed by atoms with Gasteiger partial charge in [-0.2, -0.15) is 0 Å². The highest BCUT2D eigenvalue weighted by Crippen LogP contribution is 2.38. The molecule has 1 aliphatic rings. The molecule has 0 aliphatic carbocycles. The number of carbonyl (C=O) groups excluding carboxylic acids is 1. The lowest BCUT2D eigenvalue weighted by Gasteiger charge is -2.43. The maximum absolute atomic E-state index is 13.8. The van der Waals surface area contributed by atoms with Gasteiger partial charge < -0.3 is 25.0 Å². The Morgan fingerprint density at radius 1 is 1.26 bits per heavy atom. The smallest absolute Gasteiger partial charge is 0.405 e. The third kappa shape index (κ3) is 5.01. The summed E-state index contributed by atoms with van der Waals surface area (Å²) in [4.78, 5) is 18.7. The lowest BCUT2D eigenvalue weighted by atomic mass is 9.75. The molecular weight excluding hydrogens is 435 g/mol. The number of hydrogen-bond donors (Lipinski definition) is 2. The fourth-order valence-electron chi connectivity index (χ4n) is 5.13. The van der Waals surface area contributed by atoms with Crippen molar-refractivity contribution < 1.29 is 19.0 Å². The van der Waals surface area contributed by atoms with Crippen LogP contribution in [0, 0.1) is 17.2 Å². The van der Waals surface area contributed by atoms with Crippen molar-refractivity contribution in [2.75, 3.05) is 24.6 Å². The van der Waals surface area contributed by atoms with E-state index in [9.17, 15) is 14.3 Å². The van der Waals surface area contributed by atoms with Crippen LogP contribution in [0.5, 0.6) is 0 Å². The first-order valence-electron chi connectivity index (χ1n) is 11.6. The molecule has 2 aromatic carbocycles. The Bertz CT molecular complexity index is 1170. The highest BCUT2D eigenvalue weighted by atomic mass is 19.1. The highest BCUT2D eigenvalue weighted by Gasteiger charge is 2.46. The SMILES string of the molecule is CC(C)(C)CC(Cn1cnc2ccccc21)[C@](CO)(CN1CCc2cc(F)ccc21)OC(N)=O. The van der Waals surface area contributed by atoms with E-state index in [1.807, 2.05) is 28.8 Å². The summed E-state index contributed by atoms with van der Waals surface area (Å²) in [6.45, 7) is 7.33. The van der Waals surface area contributed by atoms with Gasteiger partial charge in [-0.1, -0.05) is 32.9 Å². The van der Waals surface area contributed by atoms with Crippen LogP contribution in [-0.2, 0) is 17.7 Å². The summed E-state index contributed by atoms with van der Waals surface area (Å²) in [7, 11) is 0. The van der Waals surface area contributed by atoms with E-state index in [4.69, 9.17) is 10.5 Å². The Kier molecular flexibility index (Phi) is 6.53. The number of rotatable bonds is 8. The lowest BCUT2D eigenvalue weighted by molar-refractivity contribution is -0.0766. The van der Waals surface area contributed by atoms with Gasteiger partial charge >= 0.3 is 6.09 Å². The maximum atomic E-state index is 13.8. The molecule has 1 aliphatic heterocycles. The number of halogens is 1. The van der Waals surface area contributed by atoms with Crippen molar-refractivity contribution >= 4 is 22.8 Å². The first kappa shape index (κ1) is 24.0. The summed E-state index contributed by atoms with van der Waals surface area (Å²) in [5.74, 6) is -0.549. The zero-order valence-electron chi connectivity index (χ0n) is 20.0. The van der Waals surface area contributed by atoms with E-state index in [1.165, 1.54) is 12.1 Å². The van der Waals surface area contributed by atoms with Gasteiger partial charge in [0, 0.05) is 24.7 Å². The monoisotopic (exact) mass is 468 g/mol. The van der Waals surface area contributed by atoms with Crippen LogP contribution in [-0.4, -0.2) is 46.0 Å². The summed E-state index contributed by atoms with van der Waals surface area (Å²) < 4.78 is 21.6. The molecule has 1 aromatic heterocycles. The molecule has 3 N–H and O–H groups in total. The minimum atomic E-state index is -1.26. The number of imidazole rings is 1. The van der Waals surface area contributed by atoms with Gasteiger partial charge in [0.2, 0.25) is 0 Å². The van der Waals surface area contributed by atoms with Gasteiger partial charge in [0.25, 0.3) is 0 Å². The number of hydrogen-bond acceptors (Lipinski definition) is 5. The summed E-state index contributed by atoms with van der Waals surface area (Å²) >= 11 is 0. The van der Waals surface area contributed by atoms with Crippen molar-refractivity contribution in [2.24, 2.45) is 17.1 Å². The molecule has 0 saturated carbocycles. The van der Waals surface area contributed by atoms with Gasteiger partial charge in [-0.15, -0.1) is 0 Å². The molecule has 4 rings (SSSR count). The average Bonchev–Trinajstić information content (AvgIpc) is 3.35. The molecule has 182 valence electrons. The molecule has 7 nitrogen and oxygen atoms in total. The molecule has 0 radical (unpaired) electrons. The summed E-state index contributed by atoms with van der Waals surface area (Å²) in [6, 6.07) is 12.5. The largest absolute Gasteiger partial charge is 0.438 e. The van der Waals surface area contributed by atoms with Crippen LogP contribution in [0.1, 0.15) is 32.8 Å². The number of nitrogens with zero attached hydrogens (tertiary/aromatic N) is 3. The Morgan fingerprint density at radius 3 is 2.74 bits per heavy atom. The van der Waals surface area contributed by atoms with Crippen molar-refractivity contribution in [1.29, 1.82) is 0 Å². The van der Waals surface area contributed by atoms with Gasteiger partial charge in [-0.3, -0.25) is 0 Å². The zero-order valence-corrected chi connectivity index (χ0v) is 20.0. The van der Waals surface area contributed by atoms with Gasteiger partial charge in [0.1, 0.15) is 5.82 Å². The van der Waals surface area contributed by atoms with Crippen LogP contribution >= 0.6 is 0 Å². The van der Waals surface area contributed by atoms with E-state index in [2.05, 4.69) is 30.7 Å².